The number of hydrogen-bond donors (Lipinski definition) is 1. The lowest BCUT2D eigenvalue weighted by Crippen LogP contribution is -2.18. The van der Waals surface area contributed by atoms with E-state index in [4.69, 9.17) is 10.5 Å². The summed E-state index contributed by atoms with van der Waals surface area (Å²) in [5, 5.41) is 8.80. The number of nitrogens with zero attached hydrogens (tertiary/aromatic N) is 2. The number of rotatable bonds is 2. The molecular formula is C7H11N3OS2. The van der Waals surface area contributed by atoms with Crippen LogP contribution in [0.5, 0.6) is 0 Å². The molecule has 1 unspecified atom stereocenters. The molecule has 0 aromatic carbocycles. The van der Waals surface area contributed by atoms with Gasteiger partial charge in [0.05, 0.1) is 6.61 Å². The molecule has 1 aromatic heterocycles. The largest absolute Gasteiger partial charge is 0.380 e. The van der Waals surface area contributed by atoms with Crippen LogP contribution >= 0.6 is 23.1 Å². The lowest BCUT2D eigenvalue weighted by atomic mass is 10.2. The van der Waals surface area contributed by atoms with Crippen LogP contribution in [-0.2, 0) is 4.74 Å². The Morgan fingerprint density at radius 3 is 3.08 bits per heavy atom. The summed E-state index contributed by atoms with van der Waals surface area (Å²) in [6.45, 7) is 1.72. The van der Waals surface area contributed by atoms with Crippen LogP contribution in [0.1, 0.15) is 12.8 Å². The summed E-state index contributed by atoms with van der Waals surface area (Å²) < 4.78 is 6.32. The van der Waals surface area contributed by atoms with Gasteiger partial charge in [-0.2, -0.15) is 0 Å². The molecule has 6 heteroatoms. The molecule has 72 valence electrons. The van der Waals surface area contributed by atoms with Crippen molar-refractivity contribution >= 4 is 28.2 Å². The Labute approximate surface area is 84.9 Å². The van der Waals surface area contributed by atoms with E-state index in [0.29, 0.717) is 10.4 Å². The molecule has 1 atom stereocenters. The number of hydrogen-bond acceptors (Lipinski definition) is 6. The SMILES string of the molecule is Nc1nnc(SC2CCCOC2)s1. The molecule has 1 fully saturated rings. The molecule has 0 amide bonds. The van der Waals surface area contributed by atoms with Crippen LogP contribution in [0.4, 0.5) is 5.13 Å². The molecule has 0 radical (unpaired) electrons. The van der Waals surface area contributed by atoms with Crippen molar-refractivity contribution in [1.29, 1.82) is 0 Å². The molecule has 1 aliphatic rings. The molecule has 2 N–H and O–H groups in total. The van der Waals surface area contributed by atoms with E-state index in [-0.39, 0.29) is 0 Å². The third-order valence-electron chi connectivity index (χ3n) is 1.81. The number of anilines is 1. The van der Waals surface area contributed by atoms with Gasteiger partial charge in [-0.1, -0.05) is 23.1 Å². The smallest absolute Gasteiger partial charge is 0.203 e. The fraction of sp³-hybridized carbons (Fsp3) is 0.714. The molecule has 0 spiro atoms. The average molecular weight is 217 g/mol. The third kappa shape index (κ3) is 2.55. The molecule has 0 aliphatic carbocycles. The lowest BCUT2D eigenvalue weighted by Gasteiger charge is -2.19. The summed E-state index contributed by atoms with van der Waals surface area (Å²) >= 11 is 3.17. The van der Waals surface area contributed by atoms with Gasteiger partial charge in [-0.15, -0.1) is 10.2 Å². The van der Waals surface area contributed by atoms with Crippen LogP contribution in [0, 0.1) is 0 Å². The standard InChI is InChI=1S/C7H11N3OS2/c8-6-9-10-7(13-6)12-5-2-1-3-11-4-5/h5H,1-4H2,(H2,8,9). The second-order valence-electron chi connectivity index (χ2n) is 2.86. The molecular weight excluding hydrogens is 206 g/mol. The van der Waals surface area contributed by atoms with E-state index in [1.54, 1.807) is 11.8 Å². The Bertz CT molecular complexity index is 272. The maximum absolute atomic E-state index is 5.48. The number of ether oxygens (including phenoxy) is 1. The van der Waals surface area contributed by atoms with E-state index in [0.717, 1.165) is 24.0 Å². The zero-order chi connectivity index (χ0) is 9.10. The zero-order valence-electron chi connectivity index (χ0n) is 7.10. The van der Waals surface area contributed by atoms with Crippen LogP contribution in [0.15, 0.2) is 4.34 Å². The zero-order valence-corrected chi connectivity index (χ0v) is 8.74. The van der Waals surface area contributed by atoms with E-state index < -0.39 is 0 Å². The van der Waals surface area contributed by atoms with Crippen LogP contribution in [0.2, 0.25) is 0 Å². The Balaban J connectivity index is 1.89. The summed E-state index contributed by atoms with van der Waals surface area (Å²) in [5.74, 6) is 0. The van der Waals surface area contributed by atoms with E-state index in [1.165, 1.54) is 17.8 Å². The van der Waals surface area contributed by atoms with E-state index in [2.05, 4.69) is 10.2 Å². The maximum atomic E-state index is 5.48. The van der Waals surface area contributed by atoms with Crippen molar-refractivity contribution in [2.75, 3.05) is 18.9 Å². The van der Waals surface area contributed by atoms with Gasteiger partial charge in [0.15, 0.2) is 4.34 Å². The van der Waals surface area contributed by atoms with Crippen molar-refractivity contribution in [2.45, 2.75) is 22.4 Å². The number of nitrogens with two attached hydrogens (primary N) is 1. The van der Waals surface area contributed by atoms with Gasteiger partial charge in [0.1, 0.15) is 0 Å². The molecule has 0 saturated carbocycles. The first kappa shape index (κ1) is 9.23. The van der Waals surface area contributed by atoms with Crippen molar-refractivity contribution in [2.24, 2.45) is 0 Å². The minimum Gasteiger partial charge on any atom is -0.380 e. The van der Waals surface area contributed by atoms with Gasteiger partial charge in [0.25, 0.3) is 0 Å². The fourth-order valence-corrected chi connectivity index (χ4v) is 3.24. The highest BCUT2D eigenvalue weighted by atomic mass is 32.2. The summed E-state index contributed by atoms with van der Waals surface area (Å²) in [5.41, 5.74) is 5.48. The van der Waals surface area contributed by atoms with Crippen molar-refractivity contribution in [3.63, 3.8) is 0 Å². The predicted molar refractivity (Wildman–Crippen MR) is 54.0 cm³/mol. The molecule has 13 heavy (non-hydrogen) atoms. The van der Waals surface area contributed by atoms with Crippen LogP contribution in [-0.4, -0.2) is 28.7 Å². The number of thioether (sulfide) groups is 1. The van der Waals surface area contributed by atoms with Gasteiger partial charge in [-0.25, -0.2) is 0 Å². The van der Waals surface area contributed by atoms with Crippen LogP contribution in [0.25, 0.3) is 0 Å². The normalized spacial score (nSPS) is 23.2. The number of nitrogen functional groups attached to an aromatic ring is 1. The topological polar surface area (TPSA) is 61.0 Å². The molecule has 1 aliphatic heterocycles. The Kier molecular flexibility index (Phi) is 3.02. The van der Waals surface area contributed by atoms with Gasteiger partial charge in [0, 0.05) is 11.9 Å². The van der Waals surface area contributed by atoms with Gasteiger partial charge in [0.2, 0.25) is 5.13 Å². The molecule has 1 aromatic rings. The first-order chi connectivity index (χ1) is 6.34. The van der Waals surface area contributed by atoms with Crippen molar-refractivity contribution < 1.29 is 4.74 Å². The minimum absolute atomic E-state index is 0.529. The maximum Gasteiger partial charge on any atom is 0.203 e. The van der Waals surface area contributed by atoms with Gasteiger partial charge in [-0.3, -0.25) is 0 Å². The Morgan fingerprint density at radius 1 is 1.54 bits per heavy atom. The Hall–Kier alpha value is -0.330. The minimum atomic E-state index is 0.529. The van der Waals surface area contributed by atoms with Crippen molar-refractivity contribution in [3.8, 4) is 0 Å². The van der Waals surface area contributed by atoms with Crippen molar-refractivity contribution in [1.82, 2.24) is 10.2 Å². The van der Waals surface area contributed by atoms with Crippen LogP contribution < -0.4 is 5.73 Å². The second-order valence-corrected chi connectivity index (χ2v) is 5.42. The highest BCUT2D eigenvalue weighted by molar-refractivity contribution is 8.01. The first-order valence-electron chi connectivity index (χ1n) is 4.18. The first-order valence-corrected chi connectivity index (χ1v) is 5.87. The molecule has 2 rings (SSSR count). The quantitative estimate of drug-likeness (QED) is 0.811. The second kappa shape index (κ2) is 4.26. The molecule has 2 heterocycles. The summed E-state index contributed by atoms with van der Waals surface area (Å²) in [6.07, 6.45) is 2.34. The fourth-order valence-electron chi connectivity index (χ4n) is 1.21. The van der Waals surface area contributed by atoms with Gasteiger partial charge >= 0.3 is 0 Å². The van der Waals surface area contributed by atoms with E-state index in [1.807, 2.05) is 0 Å². The lowest BCUT2D eigenvalue weighted by molar-refractivity contribution is 0.101. The molecule has 0 bridgehead atoms. The summed E-state index contributed by atoms with van der Waals surface area (Å²) in [4.78, 5) is 0. The van der Waals surface area contributed by atoms with Gasteiger partial charge in [-0.05, 0) is 12.8 Å². The highest BCUT2D eigenvalue weighted by Crippen LogP contribution is 2.31. The van der Waals surface area contributed by atoms with Crippen molar-refractivity contribution in [3.05, 3.63) is 0 Å². The van der Waals surface area contributed by atoms with Gasteiger partial charge < -0.3 is 10.5 Å². The van der Waals surface area contributed by atoms with E-state index in [9.17, 15) is 0 Å². The summed E-state index contributed by atoms with van der Waals surface area (Å²) in [7, 11) is 0. The van der Waals surface area contributed by atoms with E-state index >= 15 is 0 Å². The average Bonchev–Trinajstić information content (AvgIpc) is 2.53. The Morgan fingerprint density at radius 2 is 2.46 bits per heavy atom. The highest BCUT2D eigenvalue weighted by Gasteiger charge is 2.16. The predicted octanol–water partition coefficient (Wildman–Crippen LogP) is 1.39. The third-order valence-corrected chi connectivity index (χ3v) is 3.88. The summed E-state index contributed by atoms with van der Waals surface area (Å²) in [6, 6.07) is 0. The molecule has 1 saturated heterocycles. The monoisotopic (exact) mass is 217 g/mol. The molecule has 4 nitrogen and oxygen atoms in total. The van der Waals surface area contributed by atoms with Crippen LogP contribution in [0.3, 0.4) is 0 Å². The number of aromatic nitrogens is 2.